The number of carbonyl (C=O) groups excluding carboxylic acids is 2. The fourth-order valence-corrected chi connectivity index (χ4v) is 1.83. The third kappa shape index (κ3) is 6.15. The van der Waals surface area contributed by atoms with Gasteiger partial charge in [0, 0.05) is 6.42 Å². The topological polar surface area (TPSA) is 173 Å². The molecule has 1 aromatic rings. The maximum Gasteiger partial charge on any atom is 0.348 e. The van der Waals surface area contributed by atoms with Crippen molar-refractivity contribution in [3.63, 3.8) is 0 Å². The van der Waals surface area contributed by atoms with Crippen LogP contribution in [0.4, 0.5) is 0 Å². The molecule has 0 saturated carbocycles. The molecule has 1 aromatic carbocycles. The fourth-order valence-electron chi connectivity index (χ4n) is 1.83. The van der Waals surface area contributed by atoms with E-state index in [0.717, 1.165) is 5.56 Å². The van der Waals surface area contributed by atoms with Gasteiger partial charge in [-0.15, -0.1) is 0 Å². The van der Waals surface area contributed by atoms with Crippen LogP contribution in [-0.4, -0.2) is 57.4 Å². The molecule has 0 heterocycles. The minimum absolute atomic E-state index is 0.223. The Morgan fingerprint density at radius 3 is 2.27 bits per heavy atom. The third-order valence-corrected chi connectivity index (χ3v) is 3.31. The van der Waals surface area contributed by atoms with Crippen LogP contribution in [0.25, 0.3) is 0 Å². The average Bonchev–Trinajstić information content (AvgIpc) is 2.58. The number of carboxylic acid groups (broad SMARTS) is 2. The first-order valence-corrected chi connectivity index (χ1v) is 7.49. The molecule has 0 aromatic heterocycles. The highest BCUT2D eigenvalue weighted by Gasteiger charge is 2.36. The first-order valence-electron chi connectivity index (χ1n) is 7.49. The molecule has 0 bridgehead atoms. The van der Waals surface area contributed by atoms with Crippen LogP contribution in [-0.2, 0) is 23.9 Å². The summed E-state index contributed by atoms with van der Waals surface area (Å²) in [6, 6.07) is 5.38. The summed E-state index contributed by atoms with van der Waals surface area (Å²) in [5.41, 5.74) is 6.24. The van der Waals surface area contributed by atoms with E-state index in [1.165, 1.54) is 0 Å². The number of rotatable bonds is 9. The summed E-state index contributed by atoms with van der Waals surface area (Å²) in [5, 5.41) is 26.6. The van der Waals surface area contributed by atoms with E-state index in [1.807, 2.05) is 0 Å². The minimum Gasteiger partial charge on any atom is -0.479 e. The Hall–Kier alpha value is -2.98. The summed E-state index contributed by atoms with van der Waals surface area (Å²) < 4.78 is 9.53. The smallest absolute Gasteiger partial charge is 0.348 e. The van der Waals surface area contributed by atoms with Gasteiger partial charge in [0.1, 0.15) is 11.8 Å². The van der Waals surface area contributed by atoms with Crippen LogP contribution < -0.4 is 10.5 Å². The van der Waals surface area contributed by atoms with Gasteiger partial charge in [0.25, 0.3) is 0 Å². The first-order chi connectivity index (χ1) is 12.1. The van der Waals surface area contributed by atoms with Gasteiger partial charge in [-0.2, -0.15) is 0 Å². The number of ether oxygens (including phenoxy) is 2. The Bertz CT molecular complexity index is 688. The molecule has 142 valence electrons. The van der Waals surface area contributed by atoms with E-state index in [0.29, 0.717) is 5.75 Å². The van der Waals surface area contributed by atoms with Gasteiger partial charge in [0.2, 0.25) is 6.10 Å². The van der Waals surface area contributed by atoms with Crippen LogP contribution in [0.2, 0.25) is 0 Å². The molecule has 0 spiro atoms. The number of aliphatic hydroxyl groups is 1. The van der Waals surface area contributed by atoms with Crippen LogP contribution in [0.5, 0.6) is 5.75 Å². The number of nitrogens with two attached hydrogens (primary N) is 1. The fraction of sp³-hybridized carbons (Fsp3) is 0.375. The van der Waals surface area contributed by atoms with E-state index in [9.17, 15) is 24.3 Å². The molecule has 26 heavy (non-hydrogen) atoms. The average molecular weight is 369 g/mol. The second-order valence-corrected chi connectivity index (χ2v) is 5.36. The van der Waals surface area contributed by atoms with E-state index in [-0.39, 0.29) is 12.8 Å². The lowest BCUT2D eigenvalue weighted by atomic mass is 10.1. The molecule has 0 aliphatic carbocycles. The summed E-state index contributed by atoms with van der Waals surface area (Å²) >= 11 is 0. The number of aliphatic hydroxyl groups excluding tert-OH is 1. The Kier molecular flexibility index (Phi) is 7.69. The van der Waals surface area contributed by atoms with Crippen molar-refractivity contribution in [3.8, 4) is 5.75 Å². The van der Waals surface area contributed by atoms with Gasteiger partial charge in [-0.3, -0.25) is 9.59 Å². The number of benzene rings is 1. The predicted molar refractivity (Wildman–Crippen MR) is 85.2 cm³/mol. The lowest BCUT2D eigenvalue weighted by Gasteiger charge is -2.18. The van der Waals surface area contributed by atoms with Gasteiger partial charge in [0.05, 0.1) is 0 Å². The largest absolute Gasteiger partial charge is 0.479 e. The highest BCUT2D eigenvalue weighted by molar-refractivity contribution is 5.87. The number of carboxylic acids is 2. The van der Waals surface area contributed by atoms with Gasteiger partial charge in [-0.1, -0.05) is 18.2 Å². The monoisotopic (exact) mass is 369 g/mol. The summed E-state index contributed by atoms with van der Waals surface area (Å²) in [5.74, 6) is -5.30. The van der Waals surface area contributed by atoms with Gasteiger partial charge >= 0.3 is 23.9 Å². The Balaban J connectivity index is 2.55. The number of aryl methyl sites for hydroxylation is 1. The second kappa shape index (κ2) is 9.49. The van der Waals surface area contributed by atoms with Crippen molar-refractivity contribution >= 4 is 23.9 Å². The Morgan fingerprint density at radius 2 is 1.73 bits per heavy atom. The van der Waals surface area contributed by atoms with Crippen molar-refractivity contribution in [3.05, 3.63) is 29.8 Å². The van der Waals surface area contributed by atoms with Crippen molar-refractivity contribution in [1.82, 2.24) is 0 Å². The molecular formula is C16H19NO9. The number of hydrogen-bond donors (Lipinski definition) is 4. The van der Waals surface area contributed by atoms with Gasteiger partial charge in [0.15, 0.2) is 6.10 Å². The van der Waals surface area contributed by atoms with Gasteiger partial charge in [-0.05, 0) is 25.0 Å². The molecule has 10 heteroatoms. The Labute approximate surface area is 148 Å². The lowest BCUT2D eigenvalue weighted by molar-refractivity contribution is -0.179. The van der Waals surface area contributed by atoms with Crippen LogP contribution in [0.15, 0.2) is 24.3 Å². The molecule has 2 unspecified atom stereocenters. The zero-order chi connectivity index (χ0) is 19.9. The van der Waals surface area contributed by atoms with E-state index >= 15 is 0 Å². The van der Waals surface area contributed by atoms with E-state index < -0.39 is 42.1 Å². The second-order valence-electron chi connectivity index (χ2n) is 5.36. The molecule has 0 fully saturated rings. The first kappa shape index (κ1) is 21.1. The highest BCUT2D eigenvalue weighted by atomic mass is 16.6. The van der Waals surface area contributed by atoms with Crippen LogP contribution in [0.3, 0.4) is 0 Å². The minimum atomic E-state index is -2.45. The van der Waals surface area contributed by atoms with E-state index in [1.54, 1.807) is 31.2 Å². The SMILES string of the molecule is Cc1ccccc1OC(=O)CC[C@H](N)C(=O)OC(C(=O)O)C(O)C(=O)O. The number of aliphatic carboxylic acids is 2. The summed E-state index contributed by atoms with van der Waals surface area (Å²) in [4.78, 5) is 45.0. The zero-order valence-corrected chi connectivity index (χ0v) is 13.8. The molecule has 3 atom stereocenters. The van der Waals surface area contributed by atoms with Crippen molar-refractivity contribution in [2.45, 2.75) is 38.0 Å². The van der Waals surface area contributed by atoms with E-state index in [4.69, 9.17) is 20.7 Å². The van der Waals surface area contributed by atoms with Crippen molar-refractivity contribution in [2.24, 2.45) is 5.73 Å². The summed E-state index contributed by atoms with van der Waals surface area (Å²) in [6.45, 7) is 1.74. The summed E-state index contributed by atoms with van der Waals surface area (Å²) in [7, 11) is 0. The molecule has 0 amide bonds. The van der Waals surface area contributed by atoms with Crippen molar-refractivity contribution < 1.29 is 44.0 Å². The molecule has 0 aliphatic rings. The van der Waals surface area contributed by atoms with Crippen molar-refractivity contribution in [2.75, 3.05) is 0 Å². The normalized spacial score (nSPS) is 14.0. The summed E-state index contributed by atoms with van der Waals surface area (Å²) in [6.07, 6.45) is -5.25. The number of para-hydroxylation sites is 1. The molecular weight excluding hydrogens is 350 g/mol. The van der Waals surface area contributed by atoms with E-state index in [2.05, 4.69) is 4.74 Å². The molecule has 5 N–H and O–H groups in total. The van der Waals surface area contributed by atoms with Crippen LogP contribution >= 0.6 is 0 Å². The maximum atomic E-state index is 11.8. The molecule has 0 radical (unpaired) electrons. The number of esters is 2. The number of hydrogen-bond acceptors (Lipinski definition) is 8. The van der Waals surface area contributed by atoms with Gasteiger partial charge in [-0.25, -0.2) is 9.59 Å². The predicted octanol–water partition coefficient (Wildman–Crippen LogP) is -0.550. The quantitative estimate of drug-likeness (QED) is 0.326. The van der Waals surface area contributed by atoms with Crippen molar-refractivity contribution in [1.29, 1.82) is 0 Å². The number of carbonyl (C=O) groups is 4. The highest BCUT2D eigenvalue weighted by Crippen LogP contribution is 2.17. The zero-order valence-electron chi connectivity index (χ0n) is 13.8. The molecule has 10 nitrogen and oxygen atoms in total. The van der Waals surface area contributed by atoms with Gasteiger partial charge < -0.3 is 30.5 Å². The third-order valence-electron chi connectivity index (χ3n) is 3.31. The Morgan fingerprint density at radius 1 is 1.12 bits per heavy atom. The van der Waals surface area contributed by atoms with Crippen LogP contribution in [0.1, 0.15) is 18.4 Å². The molecule has 0 aliphatic heterocycles. The van der Waals surface area contributed by atoms with Crippen LogP contribution in [0, 0.1) is 6.92 Å². The standard InChI is InChI=1S/C16H19NO9/c1-8-4-2-3-5-10(8)25-11(18)7-6-9(17)16(24)26-13(15(22)23)12(19)14(20)21/h2-5,9,12-13,19H,6-7,17H2,1H3,(H,20,21)(H,22,23)/t9-,12?,13?/m0/s1. The maximum absolute atomic E-state index is 11.8. The lowest BCUT2D eigenvalue weighted by Crippen LogP contribution is -2.46. The molecule has 1 rings (SSSR count). The molecule has 0 saturated heterocycles.